The van der Waals surface area contributed by atoms with Crippen molar-refractivity contribution in [1.29, 1.82) is 0 Å². The Bertz CT molecular complexity index is 545. The van der Waals surface area contributed by atoms with E-state index in [0.717, 1.165) is 30.4 Å². The summed E-state index contributed by atoms with van der Waals surface area (Å²) < 4.78 is 10.8. The zero-order valence-corrected chi connectivity index (χ0v) is 15.4. The molecule has 6 nitrogen and oxygen atoms in total. The van der Waals surface area contributed by atoms with Gasteiger partial charge in [-0.15, -0.1) is 0 Å². The van der Waals surface area contributed by atoms with Crippen molar-refractivity contribution < 1.29 is 9.26 Å². The van der Waals surface area contributed by atoms with Gasteiger partial charge in [0.05, 0.1) is 11.8 Å². The van der Waals surface area contributed by atoms with Crippen molar-refractivity contribution in [2.24, 2.45) is 10.4 Å². The number of hydrogen-bond acceptors (Lipinski definition) is 4. The minimum atomic E-state index is 0.111. The van der Waals surface area contributed by atoms with Crippen molar-refractivity contribution in [3.8, 4) is 0 Å². The molecule has 1 aliphatic carbocycles. The maximum absolute atomic E-state index is 5.50. The lowest BCUT2D eigenvalue weighted by molar-refractivity contribution is -0.0922. The molecule has 23 heavy (non-hydrogen) atoms. The van der Waals surface area contributed by atoms with E-state index in [2.05, 4.69) is 41.6 Å². The summed E-state index contributed by atoms with van der Waals surface area (Å²) >= 11 is 0. The SMILES string of the molecule is CN=C(NCC(C)c1c(C)noc1C)NC1CC(OC)C1(C)C. The molecular weight excluding hydrogens is 292 g/mol. The third kappa shape index (κ3) is 3.52. The number of nitrogens with one attached hydrogen (secondary N) is 2. The quantitative estimate of drug-likeness (QED) is 0.643. The van der Waals surface area contributed by atoms with E-state index in [1.807, 2.05) is 13.8 Å². The minimum Gasteiger partial charge on any atom is -0.381 e. The summed E-state index contributed by atoms with van der Waals surface area (Å²) in [5.74, 6) is 2.03. The molecule has 1 aromatic rings. The highest BCUT2D eigenvalue weighted by molar-refractivity contribution is 5.80. The first kappa shape index (κ1) is 17.8. The monoisotopic (exact) mass is 322 g/mol. The maximum Gasteiger partial charge on any atom is 0.191 e. The average Bonchev–Trinajstić information content (AvgIpc) is 2.84. The van der Waals surface area contributed by atoms with Gasteiger partial charge in [0.15, 0.2) is 5.96 Å². The fourth-order valence-corrected chi connectivity index (χ4v) is 3.44. The van der Waals surface area contributed by atoms with Crippen LogP contribution in [-0.4, -0.2) is 44.0 Å². The van der Waals surface area contributed by atoms with Gasteiger partial charge < -0.3 is 19.9 Å². The van der Waals surface area contributed by atoms with Gasteiger partial charge in [0, 0.05) is 43.6 Å². The number of guanidine groups is 1. The molecule has 1 aliphatic rings. The number of ether oxygens (including phenoxy) is 1. The Hall–Kier alpha value is -1.56. The maximum atomic E-state index is 5.50. The molecule has 1 fully saturated rings. The molecule has 3 unspecified atom stereocenters. The third-order valence-electron chi connectivity index (χ3n) is 5.15. The number of aliphatic imine (C=N–C) groups is 1. The number of aromatic nitrogens is 1. The Morgan fingerprint density at radius 1 is 1.48 bits per heavy atom. The highest BCUT2D eigenvalue weighted by atomic mass is 16.5. The number of aryl methyl sites for hydroxylation is 2. The summed E-state index contributed by atoms with van der Waals surface area (Å²) in [6.45, 7) is 11.3. The van der Waals surface area contributed by atoms with Crippen LogP contribution in [0.2, 0.25) is 0 Å². The summed E-state index contributed by atoms with van der Waals surface area (Å²) in [7, 11) is 3.58. The molecular formula is C17H30N4O2. The van der Waals surface area contributed by atoms with E-state index in [0.29, 0.717) is 18.1 Å². The Morgan fingerprint density at radius 3 is 2.65 bits per heavy atom. The van der Waals surface area contributed by atoms with Crippen LogP contribution < -0.4 is 10.6 Å². The molecule has 0 radical (unpaired) electrons. The van der Waals surface area contributed by atoms with Crippen LogP contribution in [0, 0.1) is 19.3 Å². The van der Waals surface area contributed by atoms with Crippen LogP contribution in [0.4, 0.5) is 0 Å². The summed E-state index contributed by atoms with van der Waals surface area (Å²) in [4.78, 5) is 4.34. The second-order valence-corrected chi connectivity index (χ2v) is 7.07. The fraction of sp³-hybridized carbons (Fsp3) is 0.765. The summed E-state index contributed by atoms with van der Waals surface area (Å²) in [6, 6.07) is 0.369. The topological polar surface area (TPSA) is 71.7 Å². The van der Waals surface area contributed by atoms with E-state index in [-0.39, 0.29) is 5.41 Å². The summed E-state index contributed by atoms with van der Waals surface area (Å²) in [5, 5.41) is 10.9. The van der Waals surface area contributed by atoms with Crippen molar-refractivity contribution in [2.45, 2.75) is 59.1 Å². The Labute approximate surface area is 139 Å². The molecule has 2 N–H and O–H groups in total. The smallest absolute Gasteiger partial charge is 0.191 e. The average molecular weight is 322 g/mol. The van der Waals surface area contributed by atoms with Gasteiger partial charge in [0.25, 0.3) is 0 Å². The highest BCUT2D eigenvalue weighted by Gasteiger charge is 2.48. The predicted octanol–water partition coefficient (Wildman–Crippen LogP) is 2.37. The van der Waals surface area contributed by atoms with E-state index in [4.69, 9.17) is 9.26 Å². The lowest BCUT2D eigenvalue weighted by Crippen LogP contribution is -2.63. The normalized spacial score (nSPS) is 24.9. The second kappa shape index (κ2) is 6.91. The van der Waals surface area contributed by atoms with Crippen LogP contribution in [-0.2, 0) is 4.74 Å². The summed E-state index contributed by atoms with van der Waals surface area (Å²) in [6.07, 6.45) is 1.31. The Morgan fingerprint density at radius 2 is 2.17 bits per heavy atom. The molecule has 1 saturated carbocycles. The van der Waals surface area contributed by atoms with E-state index in [9.17, 15) is 0 Å². The van der Waals surface area contributed by atoms with E-state index >= 15 is 0 Å². The second-order valence-electron chi connectivity index (χ2n) is 7.07. The van der Waals surface area contributed by atoms with Gasteiger partial charge in [-0.2, -0.15) is 0 Å². The van der Waals surface area contributed by atoms with Crippen molar-refractivity contribution in [3.63, 3.8) is 0 Å². The Kier molecular flexibility index (Phi) is 5.34. The molecule has 0 saturated heterocycles. The molecule has 2 rings (SSSR count). The molecule has 0 amide bonds. The first-order valence-corrected chi connectivity index (χ1v) is 8.24. The van der Waals surface area contributed by atoms with Gasteiger partial charge in [-0.3, -0.25) is 4.99 Å². The lowest BCUT2D eigenvalue weighted by Gasteiger charge is -2.51. The standard InChI is InChI=1S/C17H30N4O2/c1-10(15-11(2)21-23-12(15)3)9-19-16(18-6)20-13-8-14(22-7)17(13,4)5/h10,13-14H,8-9H2,1-7H3,(H2,18,19,20). The van der Waals surface area contributed by atoms with Gasteiger partial charge in [-0.05, 0) is 20.3 Å². The molecule has 1 heterocycles. The zero-order chi connectivity index (χ0) is 17.2. The zero-order valence-electron chi connectivity index (χ0n) is 15.4. The molecule has 1 aromatic heterocycles. The third-order valence-corrected chi connectivity index (χ3v) is 5.15. The predicted molar refractivity (Wildman–Crippen MR) is 91.9 cm³/mol. The molecule has 6 heteroatoms. The van der Waals surface area contributed by atoms with Crippen molar-refractivity contribution >= 4 is 5.96 Å². The van der Waals surface area contributed by atoms with E-state index in [1.165, 1.54) is 5.56 Å². The van der Waals surface area contributed by atoms with Crippen LogP contribution in [0.5, 0.6) is 0 Å². The van der Waals surface area contributed by atoms with Gasteiger partial charge >= 0.3 is 0 Å². The number of methoxy groups -OCH3 is 1. The largest absolute Gasteiger partial charge is 0.381 e. The first-order chi connectivity index (χ1) is 10.8. The molecule has 130 valence electrons. The molecule has 0 aromatic carbocycles. The number of hydrogen-bond donors (Lipinski definition) is 2. The molecule has 0 aliphatic heterocycles. The van der Waals surface area contributed by atoms with Crippen LogP contribution in [0.1, 0.15) is 50.1 Å². The fourth-order valence-electron chi connectivity index (χ4n) is 3.44. The Balaban J connectivity index is 1.89. The van der Waals surface area contributed by atoms with E-state index in [1.54, 1.807) is 14.2 Å². The van der Waals surface area contributed by atoms with Crippen molar-refractivity contribution in [3.05, 3.63) is 17.0 Å². The van der Waals surface area contributed by atoms with Crippen LogP contribution in [0.25, 0.3) is 0 Å². The van der Waals surface area contributed by atoms with E-state index < -0.39 is 0 Å². The van der Waals surface area contributed by atoms with Gasteiger partial charge in [-0.1, -0.05) is 25.9 Å². The van der Waals surface area contributed by atoms with Crippen LogP contribution in [0.15, 0.2) is 9.52 Å². The van der Waals surface area contributed by atoms with Gasteiger partial charge in [-0.25, -0.2) is 0 Å². The number of rotatable bonds is 5. The summed E-state index contributed by atoms with van der Waals surface area (Å²) in [5.41, 5.74) is 2.25. The van der Waals surface area contributed by atoms with Gasteiger partial charge in [0.2, 0.25) is 0 Å². The lowest BCUT2D eigenvalue weighted by atomic mass is 9.64. The minimum absolute atomic E-state index is 0.111. The number of nitrogens with zero attached hydrogens (tertiary/aromatic N) is 2. The molecule has 0 spiro atoms. The first-order valence-electron chi connectivity index (χ1n) is 8.24. The van der Waals surface area contributed by atoms with Gasteiger partial charge in [0.1, 0.15) is 5.76 Å². The van der Waals surface area contributed by atoms with Crippen LogP contribution >= 0.6 is 0 Å². The van der Waals surface area contributed by atoms with Crippen molar-refractivity contribution in [2.75, 3.05) is 20.7 Å². The molecule has 0 bridgehead atoms. The highest BCUT2D eigenvalue weighted by Crippen LogP contribution is 2.42. The van der Waals surface area contributed by atoms with Crippen LogP contribution in [0.3, 0.4) is 0 Å². The van der Waals surface area contributed by atoms with Crippen molar-refractivity contribution in [1.82, 2.24) is 15.8 Å². The molecule has 3 atom stereocenters.